The molecule has 0 aliphatic carbocycles. The molecule has 1 unspecified atom stereocenters. The van der Waals surface area contributed by atoms with Gasteiger partial charge in [0, 0.05) is 17.8 Å². The molecular weight excluding hydrogens is 491 g/mol. The number of anilines is 1. The molecule has 1 atom stereocenters. The highest BCUT2D eigenvalue weighted by Crippen LogP contribution is 2.38. The Morgan fingerprint density at radius 2 is 1.66 bits per heavy atom. The lowest BCUT2D eigenvalue weighted by atomic mass is 10.0. The van der Waals surface area contributed by atoms with E-state index in [9.17, 15) is 18.0 Å². The van der Waals surface area contributed by atoms with Crippen molar-refractivity contribution in [3.8, 4) is 11.5 Å². The number of carbonyl (C=O) groups excluding carboxylic acids is 1. The normalized spacial score (nSPS) is 14.5. The molecule has 2 aromatic heterocycles. The zero-order valence-corrected chi connectivity index (χ0v) is 20.3. The maximum Gasteiger partial charge on any atom is 0.323 e. The molecule has 2 amide bonds. The van der Waals surface area contributed by atoms with E-state index in [-0.39, 0.29) is 12.2 Å². The van der Waals surface area contributed by atoms with Crippen molar-refractivity contribution in [2.75, 3.05) is 5.32 Å². The van der Waals surface area contributed by atoms with Gasteiger partial charge in [0.1, 0.15) is 23.3 Å². The molecule has 0 saturated carbocycles. The van der Waals surface area contributed by atoms with Gasteiger partial charge in [-0.05, 0) is 61.0 Å². The summed E-state index contributed by atoms with van der Waals surface area (Å²) >= 11 is 0. The number of hydrogen-bond donors (Lipinski definition) is 1. The fourth-order valence-corrected chi connectivity index (χ4v) is 4.93. The number of benzene rings is 3. The number of para-hydroxylation sites is 1. The van der Waals surface area contributed by atoms with Gasteiger partial charge in [-0.3, -0.25) is 0 Å². The number of nitrogens with one attached hydrogen (secondary N) is 1. The van der Waals surface area contributed by atoms with Crippen LogP contribution in [0, 0.1) is 24.4 Å². The predicted octanol–water partition coefficient (Wildman–Crippen LogP) is 6.53. The third-order valence-corrected chi connectivity index (χ3v) is 6.70. The number of hydrogen-bond acceptors (Lipinski definition) is 2. The molecule has 0 radical (unpaired) electrons. The van der Waals surface area contributed by atoms with Crippen LogP contribution in [-0.4, -0.2) is 25.3 Å². The molecule has 3 aromatic carbocycles. The minimum atomic E-state index is -0.759. The minimum Gasteiger partial charge on any atom is -0.307 e. The number of fused-ring (bicyclic) bond motifs is 3. The standard InChI is InChI=1S/C29H22F3N5O/c1-18-23-17-36(29(38)33-25-16-21(31)13-14-24(25)32)27(19-9-11-20(30)12-10-19)26-8-5-15-35(26)28(23)37(34-18)22-6-3-2-4-7-22/h2-16,27H,17H2,1H3,(H,33,38). The smallest absolute Gasteiger partial charge is 0.307 e. The molecule has 3 heterocycles. The molecule has 0 saturated heterocycles. The summed E-state index contributed by atoms with van der Waals surface area (Å²) < 4.78 is 46.0. The summed E-state index contributed by atoms with van der Waals surface area (Å²) in [5, 5.41) is 7.31. The topological polar surface area (TPSA) is 55.1 Å². The first-order valence-corrected chi connectivity index (χ1v) is 12.0. The van der Waals surface area contributed by atoms with E-state index in [4.69, 9.17) is 5.10 Å². The number of amides is 2. The van der Waals surface area contributed by atoms with Crippen molar-refractivity contribution >= 4 is 11.7 Å². The molecule has 9 heteroatoms. The first-order valence-electron chi connectivity index (χ1n) is 12.0. The number of carbonyl (C=O) groups is 1. The van der Waals surface area contributed by atoms with Gasteiger partial charge in [0.05, 0.1) is 35.3 Å². The average Bonchev–Trinajstić information content (AvgIpc) is 3.48. The van der Waals surface area contributed by atoms with Gasteiger partial charge in [-0.25, -0.2) is 22.6 Å². The molecule has 38 heavy (non-hydrogen) atoms. The number of nitrogens with zero attached hydrogens (tertiary/aromatic N) is 4. The third-order valence-electron chi connectivity index (χ3n) is 6.70. The third kappa shape index (κ3) is 4.02. The zero-order valence-electron chi connectivity index (χ0n) is 20.3. The highest BCUT2D eigenvalue weighted by atomic mass is 19.1. The van der Waals surface area contributed by atoms with Gasteiger partial charge < -0.3 is 14.8 Å². The molecule has 5 aromatic rings. The number of rotatable bonds is 3. The Kier molecular flexibility index (Phi) is 5.75. The Hall–Kier alpha value is -4.79. The Labute approximate surface area is 216 Å². The fourth-order valence-electron chi connectivity index (χ4n) is 4.93. The lowest BCUT2D eigenvalue weighted by Crippen LogP contribution is -2.38. The van der Waals surface area contributed by atoms with Gasteiger partial charge in [0.15, 0.2) is 0 Å². The summed E-state index contributed by atoms with van der Waals surface area (Å²) in [6.45, 7) is 1.97. The first-order chi connectivity index (χ1) is 18.4. The van der Waals surface area contributed by atoms with Crippen molar-refractivity contribution in [1.29, 1.82) is 0 Å². The van der Waals surface area contributed by atoms with Gasteiger partial charge in [0.25, 0.3) is 0 Å². The van der Waals surface area contributed by atoms with Crippen molar-refractivity contribution < 1.29 is 18.0 Å². The van der Waals surface area contributed by atoms with E-state index >= 15 is 0 Å². The van der Waals surface area contributed by atoms with E-state index in [0.29, 0.717) is 11.3 Å². The summed E-state index contributed by atoms with van der Waals surface area (Å²) in [6, 6.07) is 20.8. The Balaban J connectivity index is 1.54. The van der Waals surface area contributed by atoms with Crippen LogP contribution in [-0.2, 0) is 6.54 Å². The van der Waals surface area contributed by atoms with Crippen LogP contribution in [0.1, 0.15) is 28.6 Å². The largest absolute Gasteiger partial charge is 0.323 e. The molecule has 1 aliphatic rings. The molecule has 1 aliphatic heterocycles. The van der Waals surface area contributed by atoms with Gasteiger partial charge in [-0.1, -0.05) is 30.3 Å². The zero-order chi connectivity index (χ0) is 26.4. The van der Waals surface area contributed by atoms with E-state index in [0.717, 1.165) is 41.0 Å². The van der Waals surface area contributed by atoms with Crippen molar-refractivity contribution in [1.82, 2.24) is 19.2 Å². The second-order valence-electron chi connectivity index (χ2n) is 9.07. The van der Waals surface area contributed by atoms with Gasteiger partial charge in [0.2, 0.25) is 0 Å². The SMILES string of the molecule is Cc1nn(-c2ccccc2)c2c1CN(C(=O)Nc1cc(F)ccc1F)C(c1ccc(F)cc1)c1cccn1-2. The maximum absolute atomic E-state index is 14.5. The van der Waals surface area contributed by atoms with Crippen LogP contribution in [0.3, 0.4) is 0 Å². The summed E-state index contributed by atoms with van der Waals surface area (Å²) in [5.41, 5.74) is 3.44. The van der Waals surface area contributed by atoms with Crippen molar-refractivity contribution in [3.63, 3.8) is 0 Å². The van der Waals surface area contributed by atoms with Crippen molar-refractivity contribution in [3.05, 3.63) is 131 Å². The van der Waals surface area contributed by atoms with Crippen LogP contribution in [0.15, 0.2) is 91.1 Å². The molecular formula is C29H22F3N5O. The van der Waals surface area contributed by atoms with Gasteiger partial charge >= 0.3 is 6.03 Å². The van der Waals surface area contributed by atoms with Crippen LogP contribution in [0.2, 0.25) is 0 Å². The Bertz CT molecular complexity index is 1640. The number of halogens is 3. The number of urea groups is 1. The van der Waals surface area contributed by atoms with E-state index in [1.165, 1.54) is 17.0 Å². The second kappa shape index (κ2) is 9.26. The highest BCUT2D eigenvalue weighted by molar-refractivity contribution is 5.90. The van der Waals surface area contributed by atoms with E-state index in [1.54, 1.807) is 12.1 Å². The second-order valence-corrected chi connectivity index (χ2v) is 9.07. The number of aryl methyl sites for hydroxylation is 1. The van der Waals surface area contributed by atoms with Gasteiger partial charge in [-0.15, -0.1) is 0 Å². The lowest BCUT2D eigenvalue weighted by Gasteiger charge is -2.31. The first kappa shape index (κ1) is 23.6. The van der Waals surface area contributed by atoms with E-state index < -0.39 is 29.5 Å². The summed E-state index contributed by atoms with van der Waals surface area (Å²) in [7, 11) is 0. The predicted molar refractivity (Wildman–Crippen MR) is 137 cm³/mol. The van der Waals surface area contributed by atoms with E-state index in [1.807, 2.05) is 64.8 Å². The summed E-state index contributed by atoms with van der Waals surface area (Å²) in [6.07, 6.45) is 1.89. The lowest BCUT2D eigenvalue weighted by molar-refractivity contribution is 0.194. The molecule has 0 fully saturated rings. The van der Waals surface area contributed by atoms with Crippen molar-refractivity contribution in [2.45, 2.75) is 19.5 Å². The summed E-state index contributed by atoms with van der Waals surface area (Å²) in [5.74, 6) is -1.09. The van der Waals surface area contributed by atoms with Gasteiger partial charge in [-0.2, -0.15) is 5.10 Å². The monoisotopic (exact) mass is 513 g/mol. The summed E-state index contributed by atoms with van der Waals surface area (Å²) in [4.78, 5) is 15.3. The Morgan fingerprint density at radius 1 is 0.921 bits per heavy atom. The molecule has 1 N–H and O–H groups in total. The average molecular weight is 514 g/mol. The molecule has 6 nitrogen and oxygen atoms in total. The van der Waals surface area contributed by atoms with Crippen LogP contribution in [0.25, 0.3) is 11.5 Å². The minimum absolute atomic E-state index is 0.112. The maximum atomic E-state index is 14.5. The molecule has 0 spiro atoms. The van der Waals surface area contributed by atoms with E-state index in [2.05, 4.69) is 5.32 Å². The van der Waals surface area contributed by atoms with Crippen LogP contribution in [0.5, 0.6) is 0 Å². The quantitative estimate of drug-likeness (QED) is 0.298. The van der Waals surface area contributed by atoms with Crippen molar-refractivity contribution in [2.24, 2.45) is 0 Å². The van der Waals surface area contributed by atoms with Crippen LogP contribution >= 0.6 is 0 Å². The number of aromatic nitrogens is 3. The molecule has 0 bridgehead atoms. The molecule has 190 valence electrons. The van der Waals surface area contributed by atoms with Crippen LogP contribution in [0.4, 0.5) is 23.7 Å². The highest BCUT2D eigenvalue weighted by Gasteiger charge is 2.36. The Morgan fingerprint density at radius 3 is 2.42 bits per heavy atom. The molecule has 6 rings (SSSR count). The fraction of sp³-hybridized carbons (Fsp3) is 0.103. The van der Waals surface area contributed by atoms with Crippen LogP contribution < -0.4 is 5.32 Å².